The number of carboxylic acids is 1. The number of carboxylic acid groups (broad SMARTS) is 1. The fraction of sp³-hybridized carbons (Fsp3) is 0.0500. The maximum Gasteiger partial charge on any atom is 0.358 e. The van der Waals surface area contributed by atoms with Crippen LogP contribution in [0.3, 0.4) is 0 Å². The highest BCUT2D eigenvalue weighted by Gasteiger charge is 2.15. The first-order valence-corrected chi connectivity index (χ1v) is 8.41. The molecule has 0 unspecified atom stereocenters. The van der Waals surface area contributed by atoms with Crippen LogP contribution in [0.1, 0.15) is 21.6 Å². The van der Waals surface area contributed by atoms with Crippen molar-refractivity contribution in [2.45, 2.75) is 6.54 Å². The van der Waals surface area contributed by atoms with Gasteiger partial charge in [-0.3, -0.25) is 0 Å². The van der Waals surface area contributed by atoms with E-state index in [1.807, 2.05) is 41.0 Å². The Morgan fingerprint density at radius 2 is 2.00 bits per heavy atom. The van der Waals surface area contributed by atoms with Crippen molar-refractivity contribution in [3.63, 3.8) is 0 Å². The van der Waals surface area contributed by atoms with Crippen LogP contribution in [0.15, 0.2) is 59.3 Å². The summed E-state index contributed by atoms with van der Waals surface area (Å²) in [5, 5.41) is 23.4. The molecular formula is C20H12ClN3O3. The van der Waals surface area contributed by atoms with Gasteiger partial charge in [0, 0.05) is 40.3 Å². The highest BCUT2D eigenvalue weighted by atomic mass is 35.5. The molecule has 0 saturated heterocycles. The second kappa shape index (κ2) is 6.63. The summed E-state index contributed by atoms with van der Waals surface area (Å²) in [6.45, 7) is 0.597. The Morgan fingerprint density at radius 3 is 2.67 bits per heavy atom. The summed E-state index contributed by atoms with van der Waals surface area (Å²) in [7, 11) is 0. The molecule has 0 spiro atoms. The number of nitriles is 1. The number of benzene rings is 2. The molecule has 4 aromatic rings. The molecule has 0 aliphatic rings. The van der Waals surface area contributed by atoms with Crippen LogP contribution in [0.4, 0.5) is 0 Å². The number of rotatable bonds is 4. The van der Waals surface area contributed by atoms with Crippen LogP contribution < -0.4 is 0 Å². The van der Waals surface area contributed by atoms with Crippen molar-refractivity contribution in [1.29, 1.82) is 5.26 Å². The molecule has 132 valence electrons. The van der Waals surface area contributed by atoms with E-state index in [4.69, 9.17) is 21.2 Å². The van der Waals surface area contributed by atoms with Crippen molar-refractivity contribution in [2.75, 3.05) is 0 Å². The van der Waals surface area contributed by atoms with Crippen molar-refractivity contribution in [2.24, 2.45) is 0 Å². The summed E-state index contributed by atoms with van der Waals surface area (Å²) < 4.78 is 7.11. The molecule has 0 aliphatic carbocycles. The van der Waals surface area contributed by atoms with Gasteiger partial charge in [-0.05, 0) is 35.9 Å². The lowest BCUT2D eigenvalue weighted by atomic mass is 10.1. The van der Waals surface area contributed by atoms with Gasteiger partial charge in [0.05, 0.1) is 5.56 Å². The largest absolute Gasteiger partial charge is 0.476 e. The van der Waals surface area contributed by atoms with E-state index in [0.29, 0.717) is 28.5 Å². The zero-order chi connectivity index (χ0) is 19.0. The van der Waals surface area contributed by atoms with Crippen molar-refractivity contribution in [3.8, 4) is 17.4 Å². The van der Waals surface area contributed by atoms with Gasteiger partial charge in [-0.15, -0.1) is 0 Å². The maximum absolute atomic E-state index is 11.0. The SMILES string of the molecule is N#Cc1cn(Cc2ccc(Cl)cc2)c2ccc(-c3cc(C(=O)O)no3)cc12. The summed E-state index contributed by atoms with van der Waals surface area (Å²) in [5.41, 5.74) is 2.97. The summed E-state index contributed by atoms with van der Waals surface area (Å²) in [6, 6.07) is 16.6. The molecule has 1 N–H and O–H groups in total. The van der Waals surface area contributed by atoms with Gasteiger partial charge in [-0.2, -0.15) is 5.26 Å². The van der Waals surface area contributed by atoms with Crippen LogP contribution >= 0.6 is 11.6 Å². The molecule has 7 heteroatoms. The molecule has 27 heavy (non-hydrogen) atoms. The predicted octanol–water partition coefficient (Wildman–Crippen LogP) is 4.57. The average molecular weight is 378 g/mol. The third-order valence-corrected chi connectivity index (χ3v) is 4.53. The lowest BCUT2D eigenvalue weighted by Crippen LogP contribution is -1.97. The normalized spacial score (nSPS) is 10.8. The minimum absolute atomic E-state index is 0.161. The number of aromatic carboxylic acids is 1. The zero-order valence-electron chi connectivity index (χ0n) is 13.9. The van der Waals surface area contributed by atoms with Gasteiger partial charge in [0.2, 0.25) is 0 Å². The highest BCUT2D eigenvalue weighted by molar-refractivity contribution is 6.30. The topological polar surface area (TPSA) is 92.0 Å². The Morgan fingerprint density at radius 1 is 1.22 bits per heavy atom. The first-order valence-electron chi connectivity index (χ1n) is 8.03. The van der Waals surface area contributed by atoms with Crippen molar-refractivity contribution in [1.82, 2.24) is 9.72 Å². The van der Waals surface area contributed by atoms with Crippen LogP contribution in [-0.2, 0) is 6.54 Å². The quantitative estimate of drug-likeness (QED) is 0.562. The fourth-order valence-electron chi connectivity index (χ4n) is 2.97. The number of nitrogens with zero attached hydrogens (tertiary/aromatic N) is 3. The van der Waals surface area contributed by atoms with Gasteiger partial charge in [0.1, 0.15) is 6.07 Å². The van der Waals surface area contributed by atoms with Gasteiger partial charge < -0.3 is 14.2 Å². The summed E-state index contributed by atoms with van der Waals surface area (Å²) >= 11 is 5.93. The molecule has 0 fully saturated rings. The number of fused-ring (bicyclic) bond motifs is 1. The van der Waals surface area contributed by atoms with E-state index in [9.17, 15) is 10.1 Å². The van der Waals surface area contributed by atoms with E-state index in [1.165, 1.54) is 6.07 Å². The lowest BCUT2D eigenvalue weighted by molar-refractivity contribution is 0.0686. The molecule has 0 atom stereocenters. The first kappa shape index (κ1) is 16.9. The van der Waals surface area contributed by atoms with Gasteiger partial charge in [-0.25, -0.2) is 4.79 Å². The second-order valence-electron chi connectivity index (χ2n) is 6.02. The van der Waals surface area contributed by atoms with Crippen LogP contribution in [0.25, 0.3) is 22.2 Å². The maximum atomic E-state index is 11.0. The molecule has 0 radical (unpaired) electrons. The van der Waals surface area contributed by atoms with Gasteiger partial charge in [0.25, 0.3) is 0 Å². The van der Waals surface area contributed by atoms with E-state index in [1.54, 1.807) is 12.3 Å². The molecule has 0 saturated carbocycles. The minimum Gasteiger partial charge on any atom is -0.476 e. The Kier molecular flexibility index (Phi) is 4.15. The smallest absolute Gasteiger partial charge is 0.358 e. The number of halogens is 1. The monoisotopic (exact) mass is 377 g/mol. The van der Waals surface area contributed by atoms with E-state index >= 15 is 0 Å². The Balaban J connectivity index is 1.76. The predicted molar refractivity (Wildman–Crippen MR) is 99.7 cm³/mol. The standard InChI is InChI=1S/C20H12ClN3O3/c21-15-4-1-12(2-5-15)10-24-11-14(9-22)16-7-13(3-6-18(16)24)19-8-17(20(25)26)23-27-19/h1-8,11H,10H2,(H,25,26). The van der Waals surface area contributed by atoms with Crippen molar-refractivity contribution < 1.29 is 14.4 Å². The Bertz CT molecular complexity index is 1200. The van der Waals surface area contributed by atoms with Crippen LogP contribution in [-0.4, -0.2) is 20.8 Å². The van der Waals surface area contributed by atoms with Gasteiger partial charge >= 0.3 is 5.97 Å². The highest BCUT2D eigenvalue weighted by Crippen LogP contribution is 2.29. The number of hydrogen-bond donors (Lipinski definition) is 1. The van der Waals surface area contributed by atoms with Gasteiger partial charge in [0.15, 0.2) is 11.5 Å². The number of carbonyl (C=O) groups is 1. The molecule has 2 aromatic carbocycles. The second-order valence-corrected chi connectivity index (χ2v) is 6.46. The van der Waals surface area contributed by atoms with E-state index in [0.717, 1.165) is 16.5 Å². The number of hydrogen-bond acceptors (Lipinski definition) is 4. The van der Waals surface area contributed by atoms with E-state index in [-0.39, 0.29) is 5.69 Å². The molecule has 0 amide bonds. The van der Waals surface area contributed by atoms with Gasteiger partial charge in [-0.1, -0.05) is 28.9 Å². The average Bonchev–Trinajstić information content (AvgIpc) is 3.29. The van der Waals surface area contributed by atoms with Crippen LogP contribution in [0, 0.1) is 11.3 Å². The summed E-state index contributed by atoms with van der Waals surface area (Å²) in [6.07, 6.45) is 1.80. The lowest BCUT2D eigenvalue weighted by Gasteiger charge is -2.06. The van der Waals surface area contributed by atoms with E-state index < -0.39 is 5.97 Å². The zero-order valence-corrected chi connectivity index (χ0v) is 14.6. The van der Waals surface area contributed by atoms with Crippen molar-refractivity contribution in [3.05, 3.63) is 76.6 Å². The third-order valence-electron chi connectivity index (χ3n) is 4.28. The van der Waals surface area contributed by atoms with E-state index in [2.05, 4.69) is 11.2 Å². The fourth-order valence-corrected chi connectivity index (χ4v) is 3.09. The molecular weight excluding hydrogens is 366 g/mol. The summed E-state index contributed by atoms with van der Waals surface area (Å²) in [5.74, 6) is -0.818. The Labute approximate surface area is 158 Å². The molecule has 0 bridgehead atoms. The minimum atomic E-state index is -1.15. The number of aromatic nitrogens is 2. The Hall–Kier alpha value is -3.56. The molecule has 2 heterocycles. The molecule has 0 aliphatic heterocycles. The molecule has 4 rings (SSSR count). The third kappa shape index (κ3) is 3.16. The van der Waals surface area contributed by atoms with Crippen LogP contribution in [0.2, 0.25) is 5.02 Å². The van der Waals surface area contributed by atoms with Crippen molar-refractivity contribution >= 4 is 28.5 Å². The molecule has 6 nitrogen and oxygen atoms in total. The summed E-state index contributed by atoms with van der Waals surface area (Å²) in [4.78, 5) is 11.0. The first-order chi connectivity index (χ1) is 13.0. The van der Waals surface area contributed by atoms with Crippen LogP contribution in [0.5, 0.6) is 0 Å². The molecule has 2 aromatic heterocycles.